The first-order valence-corrected chi connectivity index (χ1v) is 10.3. The van der Waals surface area contributed by atoms with Crippen LogP contribution in [0, 0.1) is 0 Å². The van der Waals surface area contributed by atoms with Gasteiger partial charge in [0.2, 0.25) is 0 Å². The number of unbranched alkanes of at least 4 members (excludes halogenated alkanes) is 4. The number of ether oxygens (including phenoxy) is 1. The van der Waals surface area contributed by atoms with Gasteiger partial charge < -0.3 is 18.0 Å². The van der Waals surface area contributed by atoms with E-state index < -0.39 is 8.80 Å². The maximum absolute atomic E-state index is 10.9. The SMILES string of the molecule is C=CC(=O)OCCCCCCC[Si](OCC)(OCC)OCC. The maximum Gasteiger partial charge on any atom is 0.500 e. The summed E-state index contributed by atoms with van der Waals surface area (Å²) in [6.45, 7) is 11.6. The van der Waals surface area contributed by atoms with Crippen LogP contribution in [0.25, 0.3) is 0 Å². The molecule has 6 heteroatoms. The zero-order valence-electron chi connectivity index (χ0n) is 14.4. The summed E-state index contributed by atoms with van der Waals surface area (Å²) in [7, 11) is -2.47. The van der Waals surface area contributed by atoms with Crippen molar-refractivity contribution in [3.63, 3.8) is 0 Å². The van der Waals surface area contributed by atoms with Gasteiger partial charge in [-0.1, -0.05) is 25.8 Å². The van der Waals surface area contributed by atoms with E-state index in [1.165, 1.54) is 6.08 Å². The number of esters is 1. The first-order chi connectivity index (χ1) is 10.6. The van der Waals surface area contributed by atoms with E-state index >= 15 is 0 Å². The van der Waals surface area contributed by atoms with Crippen LogP contribution in [-0.4, -0.2) is 41.2 Å². The van der Waals surface area contributed by atoms with E-state index in [-0.39, 0.29) is 5.97 Å². The molecule has 0 aliphatic heterocycles. The summed E-state index contributed by atoms with van der Waals surface area (Å²) < 4.78 is 22.4. The average Bonchev–Trinajstić information content (AvgIpc) is 2.50. The number of hydrogen-bond donors (Lipinski definition) is 0. The van der Waals surface area contributed by atoms with Gasteiger partial charge in [-0.05, 0) is 33.6 Å². The predicted octanol–water partition coefficient (Wildman–Crippen LogP) is 3.71. The van der Waals surface area contributed by atoms with Gasteiger partial charge in [-0.25, -0.2) is 4.79 Å². The molecule has 0 heterocycles. The minimum Gasteiger partial charge on any atom is -0.463 e. The van der Waals surface area contributed by atoms with Crippen LogP contribution >= 0.6 is 0 Å². The fraction of sp³-hybridized carbons (Fsp3) is 0.812. The third-order valence-electron chi connectivity index (χ3n) is 3.13. The molecule has 0 radical (unpaired) electrons. The lowest BCUT2D eigenvalue weighted by atomic mass is 10.2. The average molecular weight is 333 g/mol. The molecule has 0 spiro atoms. The van der Waals surface area contributed by atoms with Crippen LogP contribution in [0.5, 0.6) is 0 Å². The molecule has 0 fully saturated rings. The van der Waals surface area contributed by atoms with E-state index in [0.29, 0.717) is 26.4 Å². The van der Waals surface area contributed by atoms with Gasteiger partial charge in [0.1, 0.15) is 0 Å². The lowest BCUT2D eigenvalue weighted by Crippen LogP contribution is -2.45. The normalized spacial score (nSPS) is 11.4. The quantitative estimate of drug-likeness (QED) is 0.198. The van der Waals surface area contributed by atoms with Crippen LogP contribution < -0.4 is 0 Å². The van der Waals surface area contributed by atoms with E-state index in [1.807, 2.05) is 20.8 Å². The van der Waals surface area contributed by atoms with Crippen LogP contribution in [0.1, 0.15) is 52.9 Å². The van der Waals surface area contributed by atoms with Gasteiger partial charge in [-0.15, -0.1) is 0 Å². The topological polar surface area (TPSA) is 54.0 Å². The standard InChI is InChI=1S/C16H32O5Si/c1-5-16(17)18-14-12-10-9-11-13-15-22(19-6-2,20-7-3)21-8-4/h5H,1,6-15H2,2-4H3. The van der Waals surface area contributed by atoms with Gasteiger partial charge >= 0.3 is 14.8 Å². The number of hydrogen-bond acceptors (Lipinski definition) is 5. The Morgan fingerprint density at radius 1 is 0.909 bits per heavy atom. The molecule has 0 N–H and O–H groups in total. The zero-order valence-corrected chi connectivity index (χ0v) is 15.4. The Hall–Kier alpha value is -0.693. The van der Waals surface area contributed by atoms with Gasteiger partial charge in [0.25, 0.3) is 0 Å². The lowest BCUT2D eigenvalue weighted by Gasteiger charge is -2.28. The molecule has 0 rings (SSSR count). The summed E-state index contributed by atoms with van der Waals surface area (Å²) in [6.07, 6.45) is 6.40. The predicted molar refractivity (Wildman–Crippen MR) is 89.7 cm³/mol. The Morgan fingerprint density at radius 3 is 1.91 bits per heavy atom. The van der Waals surface area contributed by atoms with Crippen molar-refractivity contribution in [1.82, 2.24) is 0 Å². The van der Waals surface area contributed by atoms with Crippen LogP contribution in [0.15, 0.2) is 12.7 Å². The van der Waals surface area contributed by atoms with Crippen LogP contribution in [-0.2, 0) is 22.8 Å². The molecule has 0 aromatic rings. The Labute approximate surface area is 136 Å². The van der Waals surface area contributed by atoms with Gasteiger partial charge in [0.05, 0.1) is 6.61 Å². The first kappa shape index (κ1) is 21.3. The lowest BCUT2D eigenvalue weighted by molar-refractivity contribution is -0.137. The summed E-state index contributed by atoms with van der Waals surface area (Å²) in [6, 6.07) is 0.869. The Kier molecular flexibility index (Phi) is 13.5. The Balaban J connectivity index is 3.83. The molecule has 0 atom stereocenters. The van der Waals surface area contributed by atoms with Crippen LogP contribution in [0.4, 0.5) is 0 Å². The molecule has 0 aliphatic carbocycles. The van der Waals surface area contributed by atoms with Gasteiger partial charge in [0, 0.05) is 31.9 Å². The van der Waals surface area contributed by atoms with E-state index in [0.717, 1.165) is 38.1 Å². The highest BCUT2D eigenvalue weighted by atomic mass is 28.4. The van der Waals surface area contributed by atoms with Crippen molar-refractivity contribution in [1.29, 1.82) is 0 Å². The van der Waals surface area contributed by atoms with Crippen molar-refractivity contribution in [2.24, 2.45) is 0 Å². The fourth-order valence-electron chi connectivity index (χ4n) is 2.21. The minimum atomic E-state index is -2.47. The van der Waals surface area contributed by atoms with Crippen molar-refractivity contribution >= 4 is 14.8 Å². The van der Waals surface area contributed by atoms with E-state index in [9.17, 15) is 4.79 Å². The molecule has 130 valence electrons. The first-order valence-electron chi connectivity index (χ1n) is 8.35. The summed E-state index contributed by atoms with van der Waals surface area (Å²) in [5.74, 6) is -0.346. The summed E-state index contributed by atoms with van der Waals surface area (Å²) in [5.41, 5.74) is 0. The highest BCUT2D eigenvalue weighted by Gasteiger charge is 2.39. The number of carbonyl (C=O) groups excluding carboxylic acids is 1. The second-order valence-corrected chi connectivity index (χ2v) is 7.60. The van der Waals surface area contributed by atoms with E-state index in [2.05, 4.69) is 6.58 Å². The van der Waals surface area contributed by atoms with Crippen molar-refractivity contribution in [3.8, 4) is 0 Å². The molecule has 0 bridgehead atoms. The summed E-state index contributed by atoms with van der Waals surface area (Å²) in [5, 5.41) is 0. The van der Waals surface area contributed by atoms with Crippen molar-refractivity contribution in [3.05, 3.63) is 12.7 Å². The van der Waals surface area contributed by atoms with Gasteiger partial charge in [0.15, 0.2) is 0 Å². The van der Waals surface area contributed by atoms with Crippen LogP contribution in [0.3, 0.4) is 0 Å². The maximum atomic E-state index is 10.9. The molecule has 0 saturated heterocycles. The fourth-order valence-corrected chi connectivity index (χ4v) is 4.89. The summed E-state index contributed by atoms with van der Waals surface area (Å²) in [4.78, 5) is 10.9. The molecule has 0 aromatic heterocycles. The number of rotatable bonds is 15. The molecule has 22 heavy (non-hydrogen) atoms. The van der Waals surface area contributed by atoms with E-state index in [1.54, 1.807) is 0 Å². The van der Waals surface area contributed by atoms with Gasteiger partial charge in [-0.2, -0.15) is 0 Å². The zero-order chi connectivity index (χ0) is 16.7. The van der Waals surface area contributed by atoms with Crippen LogP contribution in [0.2, 0.25) is 6.04 Å². The smallest absolute Gasteiger partial charge is 0.463 e. The highest BCUT2D eigenvalue weighted by molar-refractivity contribution is 6.60. The Morgan fingerprint density at radius 2 is 1.41 bits per heavy atom. The Bertz CT molecular complexity index is 279. The second-order valence-electron chi connectivity index (χ2n) is 4.87. The largest absolute Gasteiger partial charge is 0.500 e. The molecule has 0 saturated carbocycles. The van der Waals surface area contributed by atoms with Crippen molar-refractivity contribution in [2.45, 2.75) is 58.9 Å². The molecule has 0 amide bonds. The third-order valence-corrected chi connectivity index (χ3v) is 6.28. The molecular formula is C16H32O5Si. The van der Waals surface area contributed by atoms with Crippen molar-refractivity contribution in [2.75, 3.05) is 26.4 Å². The minimum absolute atomic E-state index is 0.346. The van der Waals surface area contributed by atoms with Crippen molar-refractivity contribution < 1.29 is 22.8 Å². The van der Waals surface area contributed by atoms with E-state index in [4.69, 9.17) is 18.0 Å². The highest BCUT2D eigenvalue weighted by Crippen LogP contribution is 2.20. The number of carbonyl (C=O) groups is 1. The second kappa shape index (κ2) is 13.9. The molecule has 0 aromatic carbocycles. The molecular weight excluding hydrogens is 300 g/mol. The molecule has 0 aliphatic rings. The third kappa shape index (κ3) is 10.1. The summed E-state index contributed by atoms with van der Waals surface area (Å²) >= 11 is 0. The van der Waals surface area contributed by atoms with Gasteiger partial charge in [-0.3, -0.25) is 0 Å². The molecule has 0 unspecified atom stereocenters. The monoisotopic (exact) mass is 332 g/mol. The molecule has 5 nitrogen and oxygen atoms in total.